The summed E-state index contributed by atoms with van der Waals surface area (Å²) in [6, 6.07) is 12.2. The summed E-state index contributed by atoms with van der Waals surface area (Å²) in [5.41, 5.74) is 0.633. The van der Waals surface area contributed by atoms with Crippen LogP contribution in [-0.4, -0.2) is 12.0 Å². The second kappa shape index (κ2) is 5.49. The fraction of sp³-hybridized carbons (Fsp3) is 0.214. The molecule has 1 heterocycles. The Morgan fingerprint density at radius 1 is 1.06 bits per heavy atom. The first-order valence-corrected chi connectivity index (χ1v) is 5.86. The van der Waals surface area contributed by atoms with E-state index < -0.39 is 0 Å². The monoisotopic (exact) mass is 245 g/mol. The van der Waals surface area contributed by atoms with E-state index in [4.69, 9.17) is 0 Å². The lowest BCUT2D eigenvalue weighted by Gasteiger charge is -2.16. The Labute approximate surface area is 106 Å². The smallest absolute Gasteiger partial charge is 0.128 e. The number of hydrogen-bond donors (Lipinski definition) is 2. The molecule has 0 fully saturated rings. The van der Waals surface area contributed by atoms with Gasteiger partial charge in [-0.25, -0.2) is 9.37 Å². The molecule has 0 amide bonds. The van der Waals surface area contributed by atoms with Gasteiger partial charge in [-0.2, -0.15) is 0 Å². The Kier molecular flexibility index (Phi) is 3.77. The lowest BCUT2D eigenvalue weighted by atomic mass is 10.1. The van der Waals surface area contributed by atoms with Gasteiger partial charge in [-0.05, 0) is 25.1 Å². The summed E-state index contributed by atoms with van der Waals surface area (Å²) < 4.78 is 13.6. The molecule has 1 unspecified atom stereocenters. The maximum Gasteiger partial charge on any atom is 0.128 e. The Balaban J connectivity index is 2.16. The number of nitrogens with one attached hydrogen (secondary N) is 2. The highest BCUT2D eigenvalue weighted by atomic mass is 19.1. The number of rotatable bonds is 4. The predicted molar refractivity (Wildman–Crippen MR) is 72.2 cm³/mol. The van der Waals surface area contributed by atoms with Crippen LogP contribution in [0.25, 0.3) is 0 Å². The van der Waals surface area contributed by atoms with Crippen LogP contribution in [0.4, 0.5) is 16.0 Å². The number of pyridine rings is 1. The lowest BCUT2D eigenvalue weighted by molar-refractivity contribution is 0.600. The van der Waals surface area contributed by atoms with Gasteiger partial charge in [0.25, 0.3) is 0 Å². The van der Waals surface area contributed by atoms with Crippen LogP contribution in [-0.2, 0) is 0 Å². The molecule has 2 rings (SSSR count). The van der Waals surface area contributed by atoms with Crippen LogP contribution in [0.2, 0.25) is 0 Å². The normalized spacial score (nSPS) is 11.9. The topological polar surface area (TPSA) is 37.0 Å². The van der Waals surface area contributed by atoms with Crippen LogP contribution >= 0.6 is 0 Å². The zero-order chi connectivity index (χ0) is 13.0. The third-order valence-corrected chi connectivity index (χ3v) is 2.74. The molecule has 1 aromatic heterocycles. The van der Waals surface area contributed by atoms with E-state index >= 15 is 0 Å². The molecule has 0 bridgehead atoms. The van der Waals surface area contributed by atoms with Crippen molar-refractivity contribution in [3.05, 3.63) is 53.8 Å². The lowest BCUT2D eigenvalue weighted by Crippen LogP contribution is -2.10. The van der Waals surface area contributed by atoms with Crippen molar-refractivity contribution in [3.63, 3.8) is 0 Å². The molecule has 0 spiro atoms. The molecule has 2 N–H and O–H groups in total. The Bertz CT molecular complexity index is 528. The summed E-state index contributed by atoms with van der Waals surface area (Å²) in [7, 11) is 1.81. The van der Waals surface area contributed by atoms with E-state index in [0.29, 0.717) is 5.56 Å². The maximum absolute atomic E-state index is 13.6. The van der Waals surface area contributed by atoms with E-state index in [9.17, 15) is 4.39 Å². The maximum atomic E-state index is 13.6. The first-order chi connectivity index (χ1) is 8.70. The Hall–Kier alpha value is -2.10. The molecule has 0 aliphatic carbocycles. The SMILES string of the molecule is CNc1cccc(NC(C)c2ccccc2F)n1. The van der Waals surface area contributed by atoms with Crippen molar-refractivity contribution in [2.75, 3.05) is 17.7 Å². The van der Waals surface area contributed by atoms with Gasteiger partial charge in [-0.3, -0.25) is 0 Å². The number of anilines is 2. The molecular formula is C14H16FN3. The largest absolute Gasteiger partial charge is 0.373 e. The van der Waals surface area contributed by atoms with Crippen LogP contribution in [0.3, 0.4) is 0 Å². The molecule has 1 atom stereocenters. The number of benzene rings is 1. The summed E-state index contributed by atoms with van der Waals surface area (Å²) in [5, 5.41) is 6.15. The van der Waals surface area contributed by atoms with Crippen LogP contribution in [0.15, 0.2) is 42.5 Å². The molecule has 0 aliphatic heterocycles. The minimum absolute atomic E-state index is 0.134. The highest BCUT2D eigenvalue weighted by Gasteiger charge is 2.10. The van der Waals surface area contributed by atoms with E-state index in [1.165, 1.54) is 6.07 Å². The summed E-state index contributed by atoms with van der Waals surface area (Å²) in [6.07, 6.45) is 0. The van der Waals surface area contributed by atoms with Gasteiger partial charge < -0.3 is 10.6 Å². The number of hydrogen-bond acceptors (Lipinski definition) is 3. The van der Waals surface area contributed by atoms with E-state index in [-0.39, 0.29) is 11.9 Å². The minimum Gasteiger partial charge on any atom is -0.373 e. The standard InChI is InChI=1S/C14H16FN3/c1-10(11-6-3-4-7-12(11)15)17-14-9-5-8-13(16-2)18-14/h3-10H,1-2H3,(H2,16,17,18). The molecule has 1 aromatic carbocycles. The summed E-state index contributed by atoms with van der Waals surface area (Å²) in [6.45, 7) is 1.91. The predicted octanol–water partition coefficient (Wildman–Crippen LogP) is 3.44. The zero-order valence-electron chi connectivity index (χ0n) is 10.4. The van der Waals surface area contributed by atoms with Gasteiger partial charge in [0.05, 0.1) is 6.04 Å². The average molecular weight is 245 g/mol. The molecule has 4 heteroatoms. The molecule has 3 nitrogen and oxygen atoms in total. The molecule has 0 saturated heterocycles. The van der Waals surface area contributed by atoms with E-state index in [2.05, 4.69) is 15.6 Å². The quantitative estimate of drug-likeness (QED) is 0.866. The number of aromatic nitrogens is 1. The second-order valence-electron chi connectivity index (χ2n) is 4.05. The van der Waals surface area contributed by atoms with Gasteiger partial charge in [0.15, 0.2) is 0 Å². The van der Waals surface area contributed by atoms with Gasteiger partial charge >= 0.3 is 0 Å². The van der Waals surface area contributed by atoms with Crippen LogP contribution in [0, 0.1) is 5.82 Å². The fourth-order valence-electron chi connectivity index (χ4n) is 1.78. The summed E-state index contributed by atoms with van der Waals surface area (Å²) in [4.78, 5) is 4.34. The van der Waals surface area contributed by atoms with Crippen molar-refractivity contribution in [1.29, 1.82) is 0 Å². The first-order valence-electron chi connectivity index (χ1n) is 5.86. The van der Waals surface area contributed by atoms with E-state index in [1.54, 1.807) is 12.1 Å². The second-order valence-corrected chi connectivity index (χ2v) is 4.05. The number of nitrogens with zero attached hydrogens (tertiary/aromatic N) is 1. The third-order valence-electron chi connectivity index (χ3n) is 2.74. The molecule has 18 heavy (non-hydrogen) atoms. The van der Waals surface area contributed by atoms with Crippen LogP contribution in [0.5, 0.6) is 0 Å². The highest BCUT2D eigenvalue weighted by molar-refractivity contribution is 5.46. The number of halogens is 1. The van der Waals surface area contributed by atoms with Crippen molar-refractivity contribution in [3.8, 4) is 0 Å². The van der Waals surface area contributed by atoms with E-state index in [1.807, 2.05) is 38.2 Å². The van der Waals surface area contributed by atoms with Gasteiger partial charge in [0, 0.05) is 12.6 Å². The van der Waals surface area contributed by atoms with Gasteiger partial charge in [-0.1, -0.05) is 24.3 Å². The first kappa shape index (κ1) is 12.4. The molecule has 2 aromatic rings. The third kappa shape index (κ3) is 2.77. The van der Waals surface area contributed by atoms with Gasteiger partial charge in [0.1, 0.15) is 17.5 Å². The average Bonchev–Trinajstić information content (AvgIpc) is 2.39. The van der Waals surface area contributed by atoms with Crippen molar-refractivity contribution in [2.24, 2.45) is 0 Å². The fourth-order valence-corrected chi connectivity index (χ4v) is 1.78. The molecule has 0 aliphatic rings. The molecule has 0 saturated carbocycles. The van der Waals surface area contributed by atoms with Gasteiger partial charge in [-0.15, -0.1) is 0 Å². The zero-order valence-corrected chi connectivity index (χ0v) is 10.4. The van der Waals surface area contributed by atoms with Crippen LogP contribution < -0.4 is 10.6 Å². The highest BCUT2D eigenvalue weighted by Crippen LogP contribution is 2.21. The summed E-state index contributed by atoms with van der Waals surface area (Å²) in [5.74, 6) is 1.29. The van der Waals surface area contributed by atoms with E-state index in [0.717, 1.165) is 11.6 Å². The minimum atomic E-state index is -0.206. The van der Waals surface area contributed by atoms with Crippen LogP contribution in [0.1, 0.15) is 18.5 Å². The van der Waals surface area contributed by atoms with Crippen molar-refractivity contribution < 1.29 is 4.39 Å². The Morgan fingerprint density at radius 3 is 2.50 bits per heavy atom. The van der Waals surface area contributed by atoms with Gasteiger partial charge in [0.2, 0.25) is 0 Å². The van der Waals surface area contributed by atoms with Crippen molar-refractivity contribution in [2.45, 2.75) is 13.0 Å². The molecule has 0 radical (unpaired) electrons. The van der Waals surface area contributed by atoms with Crippen molar-refractivity contribution in [1.82, 2.24) is 4.98 Å². The molecular weight excluding hydrogens is 229 g/mol. The van der Waals surface area contributed by atoms with Crippen molar-refractivity contribution >= 4 is 11.6 Å². The molecule has 94 valence electrons. The Morgan fingerprint density at radius 2 is 1.78 bits per heavy atom. The summed E-state index contributed by atoms with van der Waals surface area (Å²) >= 11 is 0.